The second-order valence-corrected chi connectivity index (χ2v) is 14.5. The molecule has 0 bridgehead atoms. The number of carbonyl (C=O) groups is 2. The molecule has 0 aliphatic carbocycles. The van der Waals surface area contributed by atoms with Gasteiger partial charge in [0.25, 0.3) is 5.91 Å². The van der Waals surface area contributed by atoms with Crippen LogP contribution in [0.25, 0.3) is 22.4 Å². The Labute approximate surface area is 335 Å². The first-order chi connectivity index (χ1) is 27.8. The summed E-state index contributed by atoms with van der Waals surface area (Å²) in [7, 11) is 0. The number of benzene rings is 3. The van der Waals surface area contributed by atoms with Gasteiger partial charge in [0.2, 0.25) is 0 Å². The first-order valence-electron chi connectivity index (χ1n) is 19.2. The summed E-state index contributed by atoms with van der Waals surface area (Å²) in [5, 5.41) is 59.9. The van der Waals surface area contributed by atoms with Gasteiger partial charge in [0, 0.05) is 36.1 Å². The highest BCUT2D eigenvalue weighted by Crippen LogP contribution is 2.42. The van der Waals surface area contributed by atoms with E-state index in [2.05, 4.69) is 10.2 Å². The number of nitrogens with zero attached hydrogens (tertiary/aromatic N) is 4. The maximum atomic E-state index is 14.3. The standard InChI is InChI=1S/C41H52FN5O11/c1-27(2)39-38(41(51)43-31-12-7-4-8-13-31)37(28-10-5-3-6-11-28)40(29-15-17-30(42)18-16-29)45(39)21-19-33(48)22-34(49)23-36(50)56-25-32-14-9-20-44(32)24-35(58-47(54)55)26-57-46(52)53/h3-8,10-13,15-18,27,32-35,48-49,52-55H,9,14,19-26H2,1-2H3,(H,43,51)/t32-,33+,34+,35+/m0/s1. The van der Waals surface area contributed by atoms with Gasteiger partial charge in [-0.1, -0.05) is 62.4 Å². The molecule has 58 heavy (non-hydrogen) atoms. The number of halogens is 1. The van der Waals surface area contributed by atoms with Gasteiger partial charge in [0.05, 0.1) is 40.7 Å². The Kier molecular flexibility index (Phi) is 16.4. The maximum absolute atomic E-state index is 14.3. The summed E-state index contributed by atoms with van der Waals surface area (Å²) in [6, 6.07) is 24.3. The number of ether oxygens (including phenoxy) is 1. The van der Waals surface area contributed by atoms with E-state index in [9.17, 15) is 24.2 Å². The van der Waals surface area contributed by atoms with Crippen LogP contribution in [0, 0.1) is 5.82 Å². The lowest BCUT2D eigenvalue weighted by atomic mass is 9.94. The molecule has 17 heteroatoms. The van der Waals surface area contributed by atoms with E-state index in [0.717, 1.165) is 12.0 Å². The summed E-state index contributed by atoms with van der Waals surface area (Å²) < 4.78 is 21.7. The fourth-order valence-corrected chi connectivity index (χ4v) is 7.43. The van der Waals surface area contributed by atoms with Crippen LogP contribution in [-0.2, 0) is 25.8 Å². The summed E-state index contributed by atoms with van der Waals surface area (Å²) in [6.07, 6.45) is -2.28. The van der Waals surface area contributed by atoms with Crippen molar-refractivity contribution in [1.82, 2.24) is 20.2 Å². The Morgan fingerprint density at radius 2 is 1.57 bits per heavy atom. The van der Waals surface area contributed by atoms with Crippen LogP contribution < -0.4 is 5.32 Å². The molecule has 1 aliphatic rings. The molecule has 16 nitrogen and oxygen atoms in total. The van der Waals surface area contributed by atoms with Gasteiger partial charge in [0.1, 0.15) is 25.1 Å². The molecule has 4 atom stereocenters. The Morgan fingerprint density at radius 3 is 2.21 bits per heavy atom. The molecule has 0 spiro atoms. The number of hydrogen-bond acceptors (Lipinski definition) is 14. The van der Waals surface area contributed by atoms with Gasteiger partial charge in [-0.05, 0) is 85.7 Å². The third kappa shape index (κ3) is 12.4. The smallest absolute Gasteiger partial charge is 0.308 e. The molecular weight excluding hydrogens is 757 g/mol. The number of rotatable bonds is 21. The van der Waals surface area contributed by atoms with Crippen LogP contribution in [0.2, 0.25) is 0 Å². The van der Waals surface area contributed by atoms with E-state index in [-0.39, 0.29) is 56.8 Å². The topological polar surface area (TPSA) is 210 Å². The minimum Gasteiger partial charge on any atom is -0.464 e. The fourth-order valence-electron chi connectivity index (χ4n) is 7.43. The molecule has 3 aromatic carbocycles. The van der Waals surface area contributed by atoms with E-state index in [4.69, 9.17) is 30.4 Å². The lowest BCUT2D eigenvalue weighted by Crippen LogP contribution is -2.44. The molecule has 5 rings (SSSR count). The largest absolute Gasteiger partial charge is 0.464 e. The summed E-state index contributed by atoms with van der Waals surface area (Å²) >= 11 is 0. The van der Waals surface area contributed by atoms with Gasteiger partial charge in [-0.3, -0.25) is 35.3 Å². The van der Waals surface area contributed by atoms with Crippen LogP contribution in [0.3, 0.4) is 0 Å². The highest BCUT2D eigenvalue weighted by atomic mass is 19.1. The predicted molar refractivity (Wildman–Crippen MR) is 207 cm³/mol. The van der Waals surface area contributed by atoms with Crippen molar-refractivity contribution in [2.24, 2.45) is 0 Å². The zero-order valence-electron chi connectivity index (χ0n) is 32.4. The van der Waals surface area contributed by atoms with Crippen molar-refractivity contribution in [3.8, 4) is 22.4 Å². The Morgan fingerprint density at radius 1 is 0.897 bits per heavy atom. The molecule has 1 saturated heterocycles. The second-order valence-electron chi connectivity index (χ2n) is 14.5. The molecule has 0 saturated carbocycles. The van der Waals surface area contributed by atoms with E-state index >= 15 is 0 Å². The van der Waals surface area contributed by atoms with Gasteiger partial charge < -0.3 is 24.8 Å². The molecule has 1 aliphatic heterocycles. The van der Waals surface area contributed by atoms with E-state index in [1.54, 1.807) is 24.3 Å². The van der Waals surface area contributed by atoms with E-state index in [1.807, 2.05) is 71.8 Å². The first kappa shape index (κ1) is 44.5. The van der Waals surface area contributed by atoms with Gasteiger partial charge in [-0.25, -0.2) is 14.1 Å². The molecule has 1 aromatic heterocycles. The molecule has 1 fully saturated rings. The van der Waals surface area contributed by atoms with Crippen LogP contribution in [0.4, 0.5) is 10.1 Å². The highest BCUT2D eigenvalue weighted by molar-refractivity contribution is 6.12. The van der Waals surface area contributed by atoms with Crippen LogP contribution >= 0.6 is 0 Å². The Balaban J connectivity index is 1.29. The summed E-state index contributed by atoms with van der Waals surface area (Å²) in [5.41, 5.74) is 4.55. The Bertz CT molecular complexity index is 1900. The number of likely N-dealkylation sites (tertiary alicyclic amines) is 1. The van der Waals surface area contributed by atoms with Crippen molar-refractivity contribution < 1.29 is 59.4 Å². The van der Waals surface area contributed by atoms with Crippen LogP contribution in [0.1, 0.15) is 67.9 Å². The number of esters is 1. The number of amides is 1. The van der Waals surface area contributed by atoms with Crippen molar-refractivity contribution >= 4 is 17.6 Å². The predicted octanol–water partition coefficient (Wildman–Crippen LogP) is 5.63. The third-order valence-electron chi connectivity index (χ3n) is 9.91. The summed E-state index contributed by atoms with van der Waals surface area (Å²) in [6.45, 7) is 4.33. The quantitative estimate of drug-likeness (QED) is 0.0402. The van der Waals surface area contributed by atoms with E-state index in [0.29, 0.717) is 46.7 Å². The number of nitrogens with one attached hydrogen (secondary N) is 1. The van der Waals surface area contributed by atoms with Gasteiger partial charge in [-0.15, -0.1) is 0 Å². The molecule has 7 N–H and O–H groups in total. The Hall–Kier alpha value is -4.63. The molecule has 2 heterocycles. The second kappa shape index (κ2) is 21.4. The average molecular weight is 810 g/mol. The van der Waals surface area contributed by atoms with E-state index < -0.39 is 47.5 Å². The lowest BCUT2D eigenvalue weighted by Gasteiger charge is -2.28. The number of aliphatic hydroxyl groups is 2. The van der Waals surface area contributed by atoms with E-state index in [1.165, 1.54) is 12.1 Å². The monoisotopic (exact) mass is 809 g/mol. The minimum absolute atomic E-state index is 0.0303. The zero-order chi connectivity index (χ0) is 41.8. The molecule has 314 valence electrons. The third-order valence-corrected chi connectivity index (χ3v) is 9.91. The molecular formula is C41H52FN5O11. The first-order valence-corrected chi connectivity index (χ1v) is 19.2. The molecule has 0 unspecified atom stereocenters. The molecule has 0 radical (unpaired) electrons. The highest BCUT2D eigenvalue weighted by Gasteiger charge is 2.32. The normalized spacial score (nSPS) is 16.2. The summed E-state index contributed by atoms with van der Waals surface area (Å²) in [5.74, 6) is -1.58. The van der Waals surface area contributed by atoms with Crippen LogP contribution in [0.5, 0.6) is 0 Å². The number of hydrogen-bond donors (Lipinski definition) is 7. The van der Waals surface area contributed by atoms with Gasteiger partial charge in [0.15, 0.2) is 0 Å². The number of para-hydroxylation sites is 1. The number of aromatic nitrogens is 1. The SMILES string of the molecule is CC(C)c1c(C(=O)Nc2ccccc2)c(-c2ccccc2)c(-c2ccc(F)cc2)n1CC[C@@H](O)C[C@@H](O)CC(=O)OC[C@@H]1CCCN1C[C@H](CON(O)O)ON(O)O. The number of carbonyl (C=O) groups excluding carboxylic acids is 2. The van der Waals surface area contributed by atoms with Crippen molar-refractivity contribution in [3.63, 3.8) is 0 Å². The minimum atomic E-state index is -1.23. The van der Waals surface area contributed by atoms with Crippen molar-refractivity contribution in [3.05, 3.63) is 102 Å². The number of anilines is 1. The zero-order valence-corrected chi connectivity index (χ0v) is 32.4. The van der Waals surface area contributed by atoms with Gasteiger partial charge in [-0.2, -0.15) is 0 Å². The van der Waals surface area contributed by atoms with Gasteiger partial charge >= 0.3 is 5.97 Å². The van der Waals surface area contributed by atoms with Crippen LogP contribution in [-0.4, -0.2) is 114 Å². The van der Waals surface area contributed by atoms with Crippen molar-refractivity contribution in [1.29, 1.82) is 0 Å². The van der Waals surface area contributed by atoms with Crippen molar-refractivity contribution in [2.45, 2.75) is 82.8 Å². The molecule has 1 amide bonds. The summed E-state index contributed by atoms with van der Waals surface area (Å²) in [4.78, 5) is 38.3. The molecule has 4 aromatic rings. The average Bonchev–Trinajstić information content (AvgIpc) is 3.78. The lowest BCUT2D eigenvalue weighted by molar-refractivity contribution is -0.527. The maximum Gasteiger partial charge on any atom is 0.308 e. The van der Waals surface area contributed by atoms with Crippen molar-refractivity contribution in [2.75, 3.05) is 31.6 Å². The fraction of sp³-hybridized carbons (Fsp3) is 0.415. The van der Waals surface area contributed by atoms with Crippen LogP contribution in [0.15, 0.2) is 84.9 Å². The number of aliphatic hydroxyl groups excluding tert-OH is 2.